The topological polar surface area (TPSA) is 81.7 Å². The van der Waals surface area contributed by atoms with Gasteiger partial charge in [-0.3, -0.25) is 0 Å². The fourth-order valence-electron chi connectivity index (χ4n) is 5.54. The lowest BCUT2D eigenvalue weighted by Crippen LogP contribution is -2.43. The molecule has 0 aromatic heterocycles. The van der Waals surface area contributed by atoms with Crippen LogP contribution in [0.1, 0.15) is 76.3 Å². The predicted molar refractivity (Wildman–Crippen MR) is 158 cm³/mol. The molecule has 3 N–H and O–H groups in total. The molecule has 37 heavy (non-hydrogen) atoms. The minimum absolute atomic E-state index is 0.0333. The number of nitrogens with zero attached hydrogens (tertiary/aromatic N) is 1. The number of fused-ring (bicyclic) bond motifs is 1. The van der Waals surface area contributed by atoms with Crippen LogP contribution in [0.5, 0.6) is 0 Å². The van der Waals surface area contributed by atoms with E-state index in [1.807, 2.05) is 62.3 Å². The quantitative estimate of drug-likeness (QED) is 0.330. The van der Waals surface area contributed by atoms with Crippen LogP contribution in [0.3, 0.4) is 0 Å². The second-order valence-corrected chi connectivity index (χ2v) is 12.8. The number of benzene rings is 2. The molecule has 3 rings (SSSR count). The molecule has 6 nitrogen and oxygen atoms in total. The van der Waals surface area contributed by atoms with Crippen molar-refractivity contribution in [2.24, 2.45) is 5.41 Å². The number of aliphatic hydroxyl groups excluding tert-OH is 1. The summed E-state index contributed by atoms with van der Waals surface area (Å²) in [5.41, 5.74) is 2.53. The van der Waals surface area contributed by atoms with Crippen molar-refractivity contribution in [3.63, 3.8) is 0 Å². The summed E-state index contributed by atoms with van der Waals surface area (Å²) in [5.74, 6) is -0.524. The Labute approximate surface area is 228 Å². The molecule has 2 unspecified atom stereocenters. The lowest BCUT2D eigenvalue weighted by atomic mass is 9.68. The van der Waals surface area contributed by atoms with Crippen LogP contribution in [0.4, 0.5) is 11.4 Å². The lowest BCUT2D eigenvalue weighted by Gasteiger charge is -2.40. The molecule has 2 aromatic carbocycles. The minimum atomic E-state index is -3.62. The molecule has 0 spiro atoms. The summed E-state index contributed by atoms with van der Waals surface area (Å²) in [4.78, 5) is 2.30. The summed E-state index contributed by atoms with van der Waals surface area (Å²) < 4.78 is 27.9. The van der Waals surface area contributed by atoms with E-state index in [0.29, 0.717) is 35.0 Å². The summed E-state index contributed by atoms with van der Waals surface area (Å²) in [7, 11) is 0.259. The first-order valence-electron chi connectivity index (χ1n) is 13.5. The van der Waals surface area contributed by atoms with Crippen molar-refractivity contribution in [1.82, 2.24) is 5.32 Å². The summed E-state index contributed by atoms with van der Waals surface area (Å²) in [6, 6.07) is 13.4. The van der Waals surface area contributed by atoms with Gasteiger partial charge >= 0.3 is 0 Å². The standard InChI is InChI=1S/C29H43N3O3S2/c1-6-9-16-29(17-10-7-2)20-37(34,35)25-15-14-23(32(4)5)19-24(25)26(27(29)33)21-12-11-13-22(18-21)31-28(36)30-8-3/h11-15,18-19,26-27,33H,6-10,16-17,20H2,1-5H3,(H2,30,31,36). The number of thiocarbonyl (C=S) groups is 1. The van der Waals surface area contributed by atoms with Gasteiger partial charge in [-0.2, -0.15) is 0 Å². The largest absolute Gasteiger partial charge is 0.392 e. The molecular weight excluding hydrogens is 502 g/mol. The zero-order valence-electron chi connectivity index (χ0n) is 22.9. The number of rotatable bonds is 10. The highest BCUT2D eigenvalue weighted by molar-refractivity contribution is 7.91. The second-order valence-electron chi connectivity index (χ2n) is 10.5. The van der Waals surface area contributed by atoms with E-state index in [0.717, 1.165) is 42.6 Å². The maximum atomic E-state index is 14.0. The van der Waals surface area contributed by atoms with Crippen molar-refractivity contribution >= 4 is 38.5 Å². The highest BCUT2D eigenvalue weighted by Crippen LogP contribution is 2.50. The highest BCUT2D eigenvalue weighted by atomic mass is 32.2. The van der Waals surface area contributed by atoms with E-state index in [4.69, 9.17) is 12.2 Å². The van der Waals surface area contributed by atoms with Gasteiger partial charge in [-0.15, -0.1) is 0 Å². The Kier molecular flexibility index (Phi) is 10.0. The zero-order chi connectivity index (χ0) is 27.2. The van der Waals surface area contributed by atoms with Crippen LogP contribution in [0.2, 0.25) is 0 Å². The third kappa shape index (κ3) is 6.65. The van der Waals surface area contributed by atoms with Crippen molar-refractivity contribution in [1.29, 1.82) is 0 Å². The number of aliphatic hydroxyl groups is 1. The van der Waals surface area contributed by atoms with Crippen molar-refractivity contribution in [2.45, 2.75) is 76.2 Å². The van der Waals surface area contributed by atoms with Crippen LogP contribution < -0.4 is 15.5 Å². The van der Waals surface area contributed by atoms with Gasteiger partial charge in [0.05, 0.1) is 16.8 Å². The van der Waals surface area contributed by atoms with Gasteiger partial charge in [-0.1, -0.05) is 51.7 Å². The van der Waals surface area contributed by atoms with Crippen molar-refractivity contribution in [2.75, 3.05) is 36.6 Å². The van der Waals surface area contributed by atoms with Crippen LogP contribution in [-0.2, 0) is 9.84 Å². The van der Waals surface area contributed by atoms with Crippen LogP contribution in [0.15, 0.2) is 47.4 Å². The summed E-state index contributed by atoms with van der Waals surface area (Å²) in [5, 5.41) is 19.1. The molecule has 1 heterocycles. The van der Waals surface area contributed by atoms with E-state index < -0.39 is 27.3 Å². The first-order valence-corrected chi connectivity index (χ1v) is 15.5. The summed E-state index contributed by atoms with van der Waals surface area (Å²) >= 11 is 5.39. The van der Waals surface area contributed by atoms with E-state index >= 15 is 0 Å². The van der Waals surface area contributed by atoms with Gasteiger partial charge in [0.15, 0.2) is 14.9 Å². The molecule has 204 valence electrons. The van der Waals surface area contributed by atoms with E-state index in [-0.39, 0.29) is 5.75 Å². The van der Waals surface area contributed by atoms with Crippen LogP contribution in [0, 0.1) is 5.41 Å². The van der Waals surface area contributed by atoms with E-state index in [9.17, 15) is 13.5 Å². The van der Waals surface area contributed by atoms with Gasteiger partial charge in [0, 0.05) is 43.3 Å². The van der Waals surface area contributed by atoms with E-state index in [1.54, 1.807) is 6.07 Å². The molecule has 0 fully saturated rings. The maximum Gasteiger partial charge on any atom is 0.179 e. The molecule has 0 aliphatic carbocycles. The van der Waals surface area contributed by atoms with Crippen molar-refractivity contribution in [3.8, 4) is 0 Å². The monoisotopic (exact) mass is 545 g/mol. The van der Waals surface area contributed by atoms with Crippen LogP contribution >= 0.6 is 12.2 Å². The van der Waals surface area contributed by atoms with E-state index in [2.05, 4.69) is 24.5 Å². The average molecular weight is 546 g/mol. The Morgan fingerprint density at radius 2 is 1.76 bits per heavy atom. The number of anilines is 2. The molecule has 1 aliphatic rings. The number of nitrogens with one attached hydrogen (secondary N) is 2. The molecule has 0 amide bonds. The predicted octanol–water partition coefficient (Wildman–Crippen LogP) is 5.71. The fraction of sp³-hybridized carbons (Fsp3) is 0.552. The average Bonchev–Trinajstić information content (AvgIpc) is 2.92. The minimum Gasteiger partial charge on any atom is -0.392 e. The van der Waals surface area contributed by atoms with Gasteiger partial charge in [0.1, 0.15) is 0 Å². The molecule has 1 aliphatic heterocycles. The first-order chi connectivity index (χ1) is 17.6. The molecular formula is C29H43N3O3S2. The molecule has 0 bridgehead atoms. The van der Waals surface area contributed by atoms with Crippen molar-refractivity contribution in [3.05, 3.63) is 53.6 Å². The lowest BCUT2D eigenvalue weighted by molar-refractivity contribution is 0.0127. The number of hydrogen-bond acceptors (Lipinski definition) is 5. The Balaban J connectivity index is 2.26. The smallest absolute Gasteiger partial charge is 0.179 e. The summed E-state index contributed by atoms with van der Waals surface area (Å²) in [6.07, 6.45) is 4.15. The van der Waals surface area contributed by atoms with Gasteiger partial charge in [-0.05, 0) is 73.4 Å². The SMILES string of the molecule is CCCCC1(CCCC)CS(=O)(=O)c2ccc(N(C)C)cc2C(c2cccc(NC(=S)NCC)c2)C1O. The van der Waals surface area contributed by atoms with Gasteiger partial charge in [-0.25, -0.2) is 8.42 Å². The van der Waals surface area contributed by atoms with Gasteiger partial charge in [0.25, 0.3) is 0 Å². The van der Waals surface area contributed by atoms with Gasteiger partial charge in [0.2, 0.25) is 0 Å². The Morgan fingerprint density at radius 3 is 2.35 bits per heavy atom. The van der Waals surface area contributed by atoms with Crippen LogP contribution in [0.25, 0.3) is 0 Å². The highest BCUT2D eigenvalue weighted by Gasteiger charge is 2.49. The second kappa shape index (κ2) is 12.6. The molecule has 0 saturated heterocycles. The van der Waals surface area contributed by atoms with Crippen LogP contribution in [-0.4, -0.2) is 51.1 Å². The number of hydrogen-bond donors (Lipinski definition) is 3. The first kappa shape index (κ1) is 29.4. The van der Waals surface area contributed by atoms with E-state index in [1.165, 1.54) is 0 Å². The molecule has 2 aromatic rings. The normalized spacial score (nSPS) is 19.9. The molecule has 8 heteroatoms. The maximum absolute atomic E-state index is 14.0. The number of sulfone groups is 1. The molecule has 2 atom stereocenters. The fourth-order valence-corrected chi connectivity index (χ4v) is 7.99. The van der Waals surface area contributed by atoms with Crippen molar-refractivity contribution < 1.29 is 13.5 Å². The Hall–Kier alpha value is -2.16. The Morgan fingerprint density at radius 1 is 1.08 bits per heavy atom. The summed E-state index contributed by atoms with van der Waals surface area (Å²) in [6.45, 7) is 6.92. The molecule has 0 radical (unpaired) electrons. The molecule has 0 saturated carbocycles. The van der Waals surface area contributed by atoms with Gasteiger partial charge < -0.3 is 20.6 Å². The third-order valence-electron chi connectivity index (χ3n) is 7.50. The zero-order valence-corrected chi connectivity index (χ0v) is 24.5. The number of unbranched alkanes of at least 4 members (excludes halogenated alkanes) is 2. The Bertz CT molecular complexity index is 1170. The third-order valence-corrected chi connectivity index (χ3v) is 9.74.